The lowest BCUT2D eigenvalue weighted by Crippen LogP contribution is -2.24. The van der Waals surface area contributed by atoms with Gasteiger partial charge in [0.2, 0.25) is 13.6 Å². The second-order valence-corrected chi connectivity index (χ2v) is 6.93. The van der Waals surface area contributed by atoms with Crippen molar-refractivity contribution in [2.24, 2.45) is 11.8 Å². The SMILES string of the molecule is O[C@@H]1OC[C@H](Cc2ccc3c(c2)OCO3)[C@H]1Cc1ccc2c(c1)OCO2. The first-order valence-corrected chi connectivity index (χ1v) is 8.83. The van der Waals surface area contributed by atoms with Crippen LogP contribution in [0.4, 0.5) is 0 Å². The van der Waals surface area contributed by atoms with E-state index in [1.807, 2.05) is 30.3 Å². The van der Waals surface area contributed by atoms with Crippen molar-refractivity contribution in [2.45, 2.75) is 19.1 Å². The molecule has 3 atom stereocenters. The smallest absolute Gasteiger partial charge is 0.231 e. The Morgan fingerprint density at radius 1 is 0.769 bits per heavy atom. The minimum atomic E-state index is -0.751. The van der Waals surface area contributed by atoms with E-state index in [1.54, 1.807) is 0 Å². The van der Waals surface area contributed by atoms with Gasteiger partial charge in [0.15, 0.2) is 29.3 Å². The van der Waals surface area contributed by atoms with Crippen LogP contribution in [0, 0.1) is 11.8 Å². The average molecular weight is 356 g/mol. The van der Waals surface area contributed by atoms with Crippen LogP contribution >= 0.6 is 0 Å². The van der Waals surface area contributed by atoms with Gasteiger partial charge in [-0.15, -0.1) is 0 Å². The van der Waals surface area contributed by atoms with Crippen molar-refractivity contribution >= 4 is 0 Å². The fourth-order valence-corrected chi connectivity index (χ4v) is 3.89. The van der Waals surface area contributed by atoms with Gasteiger partial charge in [-0.2, -0.15) is 0 Å². The van der Waals surface area contributed by atoms with Gasteiger partial charge in [-0.3, -0.25) is 0 Å². The van der Waals surface area contributed by atoms with Gasteiger partial charge in [0, 0.05) is 5.92 Å². The normalized spacial score (nSPS) is 25.7. The zero-order valence-corrected chi connectivity index (χ0v) is 14.2. The van der Waals surface area contributed by atoms with Crippen molar-refractivity contribution in [3.63, 3.8) is 0 Å². The third-order valence-electron chi connectivity index (χ3n) is 5.30. The summed E-state index contributed by atoms with van der Waals surface area (Å²) in [6.07, 6.45) is 0.801. The van der Waals surface area contributed by atoms with Crippen molar-refractivity contribution < 1.29 is 28.8 Å². The first-order valence-electron chi connectivity index (χ1n) is 8.83. The van der Waals surface area contributed by atoms with Crippen molar-refractivity contribution in [1.82, 2.24) is 0 Å². The summed E-state index contributed by atoms with van der Waals surface area (Å²) < 4.78 is 27.2. The lowest BCUT2D eigenvalue weighted by Gasteiger charge is -2.20. The second-order valence-electron chi connectivity index (χ2n) is 6.93. The largest absolute Gasteiger partial charge is 0.454 e. The number of fused-ring (bicyclic) bond motifs is 2. The molecule has 0 aliphatic carbocycles. The van der Waals surface area contributed by atoms with Crippen LogP contribution in [0.15, 0.2) is 36.4 Å². The van der Waals surface area contributed by atoms with Crippen molar-refractivity contribution in [3.05, 3.63) is 47.5 Å². The zero-order valence-electron chi connectivity index (χ0n) is 14.2. The number of aliphatic hydroxyl groups excluding tert-OH is 1. The summed E-state index contributed by atoms with van der Waals surface area (Å²) in [6.45, 7) is 1.09. The zero-order chi connectivity index (χ0) is 17.5. The quantitative estimate of drug-likeness (QED) is 0.908. The topological polar surface area (TPSA) is 66.4 Å². The standard InChI is InChI=1S/C20H20O6/c21-20-15(6-13-2-4-17-19(8-13)26-11-24-17)14(9-22-20)5-12-1-3-16-18(7-12)25-10-23-16/h1-4,7-8,14-15,20-21H,5-6,9-11H2/t14-,15+,20+/m0/s1. The van der Waals surface area contributed by atoms with Crippen LogP contribution in [0.5, 0.6) is 23.0 Å². The summed E-state index contributed by atoms with van der Waals surface area (Å²) in [6, 6.07) is 11.9. The Morgan fingerprint density at radius 3 is 2.00 bits per heavy atom. The molecule has 3 aliphatic heterocycles. The molecule has 0 bridgehead atoms. The maximum absolute atomic E-state index is 10.3. The molecule has 0 spiro atoms. The number of benzene rings is 2. The number of hydrogen-bond donors (Lipinski definition) is 1. The lowest BCUT2D eigenvalue weighted by atomic mass is 9.84. The molecule has 3 aliphatic rings. The number of hydrogen-bond acceptors (Lipinski definition) is 6. The minimum Gasteiger partial charge on any atom is -0.454 e. The van der Waals surface area contributed by atoms with Crippen LogP contribution in [0.25, 0.3) is 0 Å². The molecule has 1 saturated heterocycles. The summed E-state index contributed by atoms with van der Waals surface area (Å²) in [5, 5.41) is 10.3. The molecule has 26 heavy (non-hydrogen) atoms. The summed E-state index contributed by atoms with van der Waals surface area (Å²) >= 11 is 0. The molecule has 0 amide bonds. The van der Waals surface area contributed by atoms with E-state index in [4.69, 9.17) is 23.7 Å². The Bertz CT molecular complexity index is 820. The number of ether oxygens (including phenoxy) is 5. The van der Waals surface area contributed by atoms with Crippen LogP contribution in [0.1, 0.15) is 11.1 Å². The number of aliphatic hydroxyl groups is 1. The fraction of sp³-hybridized carbons (Fsp3) is 0.400. The Morgan fingerprint density at radius 2 is 1.35 bits per heavy atom. The maximum atomic E-state index is 10.3. The minimum absolute atomic E-state index is 0.0285. The van der Waals surface area contributed by atoms with E-state index in [0.717, 1.165) is 47.0 Å². The van der Waals surface area contributed by atoms with Gasteiger partial charge in [-0.1, -0.05) is 12.1 Å². The molecule has 2 aromatic rings. The predicted molar refractivity (Wildman–Crippen MR) is 91.5 cm³/mol. The molecule has 5 rings (SSSR count). The Kier molecular flexibility index (Phi) is 3.87. The van der Waals surface area contributed by atoms with Crippen LogP contribution in [-0.2, 0) is 17.6 Å². The predicted octanol–water partition coefficient (Wildman–Crippen LogP) is 2.51. The monoisotopic (exact) mass is 356 g/mol. The second kappa shape index (κ2) is 6.37. The van der Waals surface area contributed by atoms with E-state index in [9.17, 15) is 5.11 Å². The first kappa shape index (κ1) is 15.8. The van der Waals surface area contributed by atoms with E-state index in [-0.39, 0.29) is 25.4 Å². The third-order valence-corrected chi connectivity index (χ3v) is 5.30. The highest BCUT2D eigenvalue weighted by Crippen LogP contribution is 2.38. The van der Waals surface area contributed by atoms with Gasteiger partial charge in [-0.05, 0) is 54.2 Å². The first-order chi connectivity index (χ1) is 12.8. The molecule has 0 unspecified atom stereocenters. The van der Waals surface area contributed by atoms with E-state index >= 15 is 0 Å². The molecule has 136 valence electrons. The molecule has 0 radical (unpaired) electrons. The van der Waals surface area contributed by atoms with Gasteiger partial charge in [-0.25, -0.2) is 0 Å². The van der Waals surface area contributed by atoms with Crippen LogP contribution in [0.2, 0.25) is 0 Å². The fourth-order valence-electron chi connectivity index (χ4n) is 3.89. The number of rotatable bonds is 4. The highest BCUT2D eigenvalue weighted by atomic mass is 16.7. The molecule has 0 saturated carbocycles. The summed E-state index contributed by atoms with van der Waals surface area (Å²) in [5.41, 5.74) is 2.27. The van der Waals surface area contributed by atoms with Crippen LogP contribution in [-0.4, -0.2) is 31.6 Å². The van der Waals surface area contributed by atoms with Crippen molar-refractivity contribution in [3.8, 4) is 23.0 Å². The highest BCUT2D eigenvalue weighted by molar-refractivity contribution is 5.45. The lowest BCUT2D eigenvalue weighted by molar-refractivity contribution is -0.0820. The van der Waals surface area contributed by atoms with Crippen molar-refractivity contribution in [2.75, 3.05) is 20.2 Å². The van der Waals surface area contributed by atoms with E-state index < -0.39 is 6.29 Å². The summed E-state index contributed by atoms with van der Waals surface area (Å²) in [5.74, 6) is 3.37. The van der Waals surface area contributed by atoms with Gasteiger partial charge < -0.3 is 28.8 Å². The molecule has 6 nitrogen and oxygen atoms in total. The molecular formula is C20H20O6. The third kappa shape index (κ3) is 2.85. The molecule has 2 aromatic carbocycles. The van der Waals surface area contributed by atoms with Crippen molar-refractivity contribution in [1.29, 1.82) is 0 Å². The van der Waals surface area contributed by atoms with E-state index in [1.165, 1.54) is 0 Å². The van der Waals surface area contributed by atoms with Gasteiger partial charge in [0.05, 0.1) is 6.61 Å². The summed E-state index contributed by atoms with van der Waals surface area (Å²) in [4.78, 5) is 0. The van der Waals surface area contributed by atoms with Gasteiger partial charge in [0.25, 0.3) is 0 Å². The Labute approximate surface area is 151 Å². The molecule has 3 heterocycles. The molecule has 6 heteroatoms. The Balaban J connectivity index is 1.32. The van der Waals surface area contributed by atoms with Crippen LogP contribution in [0.3, 0.4) is 0 Å². The molecular weight excluding hydrogens is 336 g/mol. The summed E-state index contributed by atoms with van der Waals surface area (Å²) in [7, 11) is 0. The highest BCUT2D eigenvalue weighted by Gasteiger charge is 2.36. The molecule has 1 N–H and O–H groups in total. The van der Waals surface area contributed by atoms with E-state index in [2.05, 4.69) is 6.07 Å². The van der Waals surface area contributed by atoms with E-state index in [0.29, 0.717) is 6.61 Å². The molecule has 1 fully saturated rings. The van der Waals surface area contributed by atoms with Gasteiger partial charge >= 0.3 is 0 Å². The maximum Gasteiger partial charge on any atom is 0.231 e. The van der Waals surface area contributed by atoms with Gasteiger partial charge in [0.1, 0.15) is 0 Å². The Hall–Kier alpha value is -2.44. The van der Waals surface area contributed by atoms with Crippen LogP contribution < -0.4 is 18.9 Å². The average Bonchev–Trinajstić information content (AvgIpc) is 3.37. The molecule has 0 aromatic heterocycles.